The Morgan fingerprint density at radius 3 is 2.47 bits per heavy atom. The summed E-state index contributed by atoms with van der Waals surface area (Å²) >= 11 is 0. The number of carbonyl (C=O) groups excluding carboxylic acids is 4. The van der Waals surface area contributed by atoms with E-state index in [1.807, 2.05) is 6.92 Å². The summed E-state index contributed by atoms with van der Waals surface area (Å²) in [5.41, 5.74) is -0.216. The van der Waals surface area contributed by atoms with Crippen LogP contribution in [0, 0.1) is 5.92 Å². The van der Waals surface area contributed by atoms with Crippen molar-refractivity contribution in [1.29, 1.82) is 0 Å². The van der Waals surface area contributed by atoms with Crippen LogP contribution in [-0.2, 0) is 42.9 Å². The lowest BCUT2D eigenvalue weighted by Crippen LogP contribution is -2.47. The third kappa shape index (κ3) is 4.48. The fourth-order valence-corrected chi connectivity index (χ4v) is 3.98. The topological polar surface area (TPSA) is 118 Å². The normalized spacial score (nSPS) is 37.6. The highest BCUT2D eigenvalue weighted by Gasteiger charge is 2.59. The number of rotatable bonds is 4. The van der Waals surface area contributed by atoms with Crippen LogP contribution in [0.3, 0.4) is 0 Å². The van der Waals surface area contributed by atoms with Gasteiger partial charge >= 0.3 is 23.9 Å². The van der Waals surface area contributed by atoms with Crippen LogP contribution < -0.4 is 0 Å². The van der Waals surface area contributed by atoms with E-state index in [2.05, 4.69) is 6.58 Å². The summed E-state index contributed by atoms with van der Waals surface area (Å²) in [5.74, 6) is -3.70. The molecule has 3 aliphatic rings. The lowest BCUT2D eigenvalue weighted by atomic mass is 9.83. The SMILES string of the molecule is C=C1C(=O)O[C@@H]2/C=C(/C)CC/C=C(/C(=O)OC)[C@@H](OC(C)=O)[C@H](OC(=O)[C@@]3(C)O[C@H]3C)[C@H]12. The number of epoxide rings is 1. The van der Waals surface area contributed by atoms with Crippen LogP contribution in [-0.4, -0.2) is 61.0 Å². The second kappa shape index (κ2) is 8.90. The van der Waals surface area contributed by atoms with E-state index < -0.39 is 53.7 Å². The summed E-state index contributed by atoms with van der Waals surface area (Å²) < 4.78 is 27.1. The molecule has 2 heterocycles. The number of carbonyl (C=O) groups is 4. The molecular formula is C23H28O9. The molecule has 0 aromatic carbocycles. The van der Waals surface area contributed by atoms with Crippen LogP contribution in [0.1, 0.15) is 40.5 Å². The Morgan fingerprint density at radius 1 is 1.25 bits per heavy atom. The zero-order valence-electron chi connectivity index (χ0n) is 18.8. The second-order valence-electron chi connectivity index (χ2n) is 8.39. The van der Waals surface area contributed by atoms with Crippen LogP contribution in [0.4, 0.5) is 0 Å². The molecule has 0 amide bonds. The average molecular weight is 448 g/mol. The molecule has 9 nitrogen and oxygen atoms in total. The van der Waals surface area contributed by atoms with Gasteiger partial charge in [-0.15, -0.1) is 0 Å². The molecule has 3 rings (SSSR count). The van der Waals surface area contributed by atoms with E-state index in [9.17, 15) is 19.2 Å². The fourth-order valence-electron chi connectivity index (χ4n) is 3.98. The zero-order valence-corrected chi connectivity index (χ0v) is 18.8. The number of esters is 4. The molecule has 9 heteroatoms. The third-order valence-electron chi connectivity index (χ3n) is 6.07. The van der Waals surface area contributed by atoms with Gasteiger partial charge in [-0.25, -0.2) is 14.4 Å². The second-order valence-corrected chi connectivity index (χ2v) is 8.39. The van der Waals surface area contributed by atoms with Crippen molar-refractivity contribution >= 4 is 23.9 Å². The van der Waals surface area contributed by atoms with Gasteiger partial charge in [0, 0.05) is 12.5 Å². The predicted molar refractivity (Wildman–Crippen MR) is 110 cm³/mol. The molecule has 0 aromatic heterocycles. The maximum atomic E-state index is 13.0. The minimum atomic E-state index is -1.34. The van der Waals surface area contributed by atoms with Crippen molar-refractivity contribution in [3.8, 4) is 0 Å². The Balaban J connectivity index is 2.14. The lowest BCUT2D eigenvalue weighted by Gasteiger charge is -2.33. The molecule has 0 unspecified atom stereocenters. The summed E-state index contributed by atoms with van der Waals surface area (Å²) in [6.45, 7) is 10.2. The van der Waals surface area contributed by atoms with E-state index in [1.165, 1.54) is 14.0 Å². The first-order valence-electron chi connectivity index (χ1n) is 10.4. The van der Waals surface area contributed by atoms with Crippen molar-refractivity contribution < 1.29 is 42.9 Å². The predicted octanol–water partition coefficient (Wildman–Crippen LogP) is 1.94. The van der Waals surface area contributed by atoms with E-state index in [0.717, 1.165) is 5.57 Å². The number of hydrogen-bond acceptors (Lipinski definition) is 9. The van der Waals surface area contributed by atoms with Gasteiger partial charge in [0.15, 0.2) is 17.8 Å². The van der Waals surface area contributed by atoms with Crippen molar-refractivity contribution in [2.45, 2.75) is 70.6 Å². The number of methoxy groups -OCH3 is 1. The summed E-state index contributed by atoms with van der Waals surface area (Å²) in [5, 5.41) is 0. The standard InChI is InChI=1S/C23H28O9/c1-11-8-7-9-15(21(26)28-6)18(29-14(4)24)19(31-22(27)23(5)13(3)32-23)17-12(2)20(25)30-16(17)10-11/h9-10,13,16-19H,2,7-8H2,1,3-6H3/b11-10-,15-9+/t13-,16+,17+,18+,19+,23-/m0/s1. The summed E-state index contributed by atoms with van der Waals surface area (Å²) in [6, 6.07) is 0. The first-order chi connectivity index (χ1) is 15.0. The molecule has 2 aliphatic heterocycles. The number of allylic oxidation sites excluding steroid dienone is 2. The smallest absolute Gasteiger partial charge is 0.341 e. The molecule has 32 heavy (non-hydrogen) atoms. The maximum absolute atomic E-state index is 13.0. The van der Waals surface area contributed by atoms with Crippen molar-refractivity contribution in [3.63, 3.8) is 0 Å². The van der Waals surface area contributed by atoms with Gasteiger partial charge in [-0.05, 0) is 39.7 Å². The molecule has 0 radical (unpaired) electrons. The molecule has 0 aromatic rings. The minimum absolute atomic E-state index is 0.0102. The number of fused-ring (bicyclic) bond motifs is 1. The molecule has 1 aliphatic carbocycles. The molecule has 0 bridgehead atoms. The summed E-state index contributed by atoms with van der Waals surface area (Å²) in [6.07, 6.45) is 0.540. The van der Waals surface area contributed by atoms with Gasteiger partial charge in [0.25, 0.3) is 0 Å². The van der Waals surface area contributed by atoms with Crippen LogP contribution in [0.15, 0.2) is 35.5 Å². The van der Waals surface area contributed by atoms with Crippen molar-refractivity contribution in [2.75, 3.05) is 7.11 Å². The number of hydrogen-bond donors (Lipinski definition) is 0. The fraction of sp³-hybridized carbons (Fsp3) is 0.565. The van der Waals surface area contributed by atoms with Gasteiger partial charge in [0.05, 0.1) is 24.7 Å². The third-order valence-corrected chi connectivity index (χ3v) is 6.07. The Hall–Kier alpha value is -2.94. The van der Waals surface area contributed by atoms with E-state index >= 15 is 0 Å². The van der Waals surface area contributed by atoms with Gasteiger partial charge in [0.2, 0.25) is 0 Å². The van der Waals surface area contributed by atoms with Gasteiger partial charge in [-0.2, -0.15) is 0 Å². The summed E-state index contributed by atoms with van der Waals surface area (Å²) in [7, 11) is 1.20. The van der Waals surface area contributed by atoms with E-state index in [4.69, 9.17) is 23.7 Å². The van der Waals surface area contributed by atoms with Crippen molar-refractivity contribution in [3.05, 3.63) is 35.5 Å². The average Bonchev–Trinajstić information content (AvgIpc) is 3.25. The van der Waals surface area contributed by atoms with Gasteiger partial charge in [0.1, 0.15) is 6.10 Å². The Labute approximate surface area is 186 Å². The highest BCUT2D eigenvalue weighted by molar-refractivity contribution is 5.93. The van der Waals surface area contributed by atoms with Crippen molar-refractivity contribution in [1.82, 2.24) is 0 Å². The van der Waals surface area contributed by atoms with Gasteiger partial charge in [-0.3, -0.25) is 4.79 Å². The van der Waals surface area contributed by atoms with Gasteiger partial charge in [-0.1, -0.05) is 18.2 Å². The quantitative estimate of drug-likeness (QED) is 0.209. The van der Waals surface area contributed by atoms with E-state index in [1.54, 1.807) is 26.0 Å². The van der Waals surface area contributed by atoms with Crippen LogP contribution in [0.5, 0.6) is 0 Å². The molecule has 2 saturated heterocycles. The number of ether oxygens (including phenoxy) is 5. The zero-order chi connectivity index (χ0) is 23.8. The largest absolute Gasteiger partial charge is 0.466 e. The minimum Gasteiger partial charge on any atom is -0.466 e. The molecule has 6 atom stereocenters. The van der Waals surface area contributed by atoms with E-state index in [-0.39, 0.29) is 17.3 Å². The molecule has 0 saturated carbocycles. The molecule has 174 valence electrons. The summed E-state index contributed by atoms with van der Waals surface area (Å²) in [4.78, 5) is 50.0. The van der Waals surface area contributed by atoms with Gasteiger partial charge < -0.3 is 23.7 Å². The van der Waals surface area contributed by atoms with Crippen LogP contribution >= 0.6 is 0 Å². The Kier molecular flexibility index (Phi) is 6.59. The first-order valence-corrected chi connectivity index (χ1v) is 10.4. The lowest BCUT2D eigenvalue weighted by molar-refractivity contribution is -0.173. The van der Waals surface area contributed by atoms with E-state index in [0.29, 0.717) is 12.8 Å². The highest BCUT2D eigenvalue weighted by atomic mass is 16.7. The van der Waals surface area contributed by atoms with Crippen LogP contribution in [0.2, 0.25) is 0 Å². The molecule has 0 N–H and O–H groups in total. The molecule has 0 spiro atoms. The molecular weight excluding hydrogens is 420 g/mol. The monoisotopic (exact) mass is 448 g/mol. The Bertz CT molecular complexity index is 914. The van der Waals surface area contributed by atoms with Crippen LogP contribution in [0.25, 0.3) is 0 Å². The molecule has 2 fully saturated rings. The highest BCUT2D eigenvalue weighted by Crippen LogP contribution is 2.41. The van der Waals surface area contributed by atoms with Crippen molar-refractivity contribution in [2.24, 2.45) is 5.92 Å². The Morgan fingerprint density at radius 2 is 1.91 bits per heavy atom. The first kappa shape index (κ1) is 23.7. The maximum Gasteiger partial charge on any atom is 0.341 e.